The van der Waals surface area contributed by atoms with Crippen LogP contribution >= 0.6 is 0 Å². The largest absolute Gasteiger partial charge is 0.457 e. The van der Waals surface area contributed by atoms with Crippen molar-refractivity contribution in [2.75, 3.05) is 16.5 Å². The Morgan fingerprint density at radius 1 is 0.508 bits per heavy atom. The van der Waals surface area contributed by atoms with Gasteiger partial charge < -0.3 is 14.5 Å². The van der Waals surface area contributed by atoms with E-state index in [1.54, 1.807) is 0 Å². The van der Waals surface area contributed by atoms with Gasteiger partial charge in [0.1, 0.15) is 18.2 Å². The Kier molecular flexibility index (Phi) is 8.61. The van der Waals surface area contributed by atoms with E-state index in [0.717, 1.165) is 28.6 Å². The van der Waals surface area contributed by atoms with Crippen molar-refractivity contribution in [2.45, 2.75) is 52.4 Å². The topological polar surface area (TPSA) is 33.5 Å². The van der Waals surface area contributed by atoms with E-state index < -0.39 is 0 Å². The molecule has 290 valence electrons. The predicted molar refractivity (Wildman–Crippen MR) is 244 cm³/mol. The minimum atomic E-state index is -0.181. The molecule has 0 unspecified atom stereocenters. The predicted octanol–water partition coefficient (Wildman–Crippen LogP) is 14.1. The SMILES string of the molecule is Cc1cc(C)c(-c2ccccc2)c(N2CN(c3cccc(Oc4ccc5c(c4)-n4ncc(-c6ccccc6)c4C(C)(C)C5(C)C)c3)c3ccccc32)c1-c1ccccc1. The van der Waals surface area contributed by atoms with Crippen LogP contribution in [0.1, 0.15) is 50.1 Å². The average Bonchev–Trinajstić information content (AvgIpc) is 3.88. The molecular weight excluding hydrogens is 721 g/mol. The molecule has 0 radical (unpaired) electrons. The molecule has 0 saturated heterocycles. The van der Waals surface area contributed by atoms with Gasteiger partial charge in [-0.15, -0.1) is 0 Å². The van der Waals surface area contributed by atoms with Crippen molar-refractivity contribution in [1.82, 2.24) is 9.78 Å². The molecule has 0 bridgehead atoms. The highest BCUT2D eigenvalue weighted by molar-refractivity contribution is 6.00. The normalized spacial score (nSPS) is 14.7. The number of nitrogens with zero attached hydrogens (tertiary/aromatic N) is 4. The van der Waals surface area contributed by atoms with E-state index in [1.165, 1.54) is 67.1 Å². The summed E-state index contributed by atoms with van der Waals surface area (Å²) in [4.78, 5) is 4.91. The second-order valence-electron chi connectivity index (χ2n) is 17.0. The van der Waals surface area contributed by atoms with Crippen LogP contribution in [0.5, 0.6) is 11.5 Å². The van der Waals surface area contributed by atoms with Crippen molar-refractivity contribution < 1.29 is 4.74 Å². The van der Waals surface area contributed by atoms with E-state index in [2.05, 4.69) is 214 Å². The van der Waals surface area contributed by atoms with Crippen LogP contribution in [0, 0.1) is 13.8 Å². The summed E-state index contributed by atoms with van der Waals surface area (Å²) >= 11 is 0. The first-order valence-electron chi connectivity index (χ1n) is 20.6. The highest BCUT2D eigenvalue weighted by Gasteiger charge is 2.48. The molecule has 0 fully saturated rings. The second kappa shape index (κ2) is 13.9. The van der Waals surface area contributed by atoms with Crippen LogP contribution in [0.3, 0.4) is 0 Å². The van der Waals surface area contributed by atoms with Crippen molar-refractivity contribution >= 4 is 22.7 Å². The number of rotatable bonds is 7. The quantitative estimate of drug-likeness (QED) is 0.162. The molecular formula is C54H48N4O. The Hall–Kier alpha value is -6.85. The lowest BCUT2D eigenvalue weighted by Crippen LogP contribution is -2.46. The van der Waals surface area contributed by atoms with Gasteiger partial charge in [0.2, 0.25) is 0 Å². The van der Waals surface area contributed by atoms with E-state index in [0.29, 0.717) is 6.67 Å². The first-order chi connectivity index (χ1) is 28.6. The molecule has 10 rings (SSSR count). The van der Waals surface area contributed by atoms with Gasteiger partial charge in [-0.2, -0.15) is 5.10 Å². The lowest BCUT2D eigenvalue weighted by Gasteiger charge is -2.47. The summed E-state index contributed by atoms with van der Waals surface area (Å²) in [5, 5.41) is 5.02. The summed E-state index contributed by atoms with van der Waals surface area (Å²) in [6.45, 7) is 14.5. The summed E-state index contributed by atoms with van der Waals surface area (Å²) in [5.74, 6) is 1.55. The molecule has 5 heteroatoms. The van der Waals surface area contributed by atoms with Crippen LogP contribution in [0.2, 0.25) is 0 Å². The summed E-state index contributed by atoms with van der Waals surface area (Å²) in [7, 11) is 0. The lowest BCUT2D eigenvalue weighted by molar-refractivity contribution is 0.275. The molecule has 2 aliphatic heterocycles. The summed E-state index contributed by atoms with van der Waals surface area (Å²) < 4.78 is 8.92. The van der Waals surface area contributed by atoms with Crippen molar-refractivity contribution in [1.29, 1.82) is 0 Å². The highest BCUT2D eigenvalue weighted by atomic mass is 16.5. The third-order valence-corrected chi connectivity index (χ3v) is 13.1. The number of ether oxygens (including phenoxy) is 1. The molecule has 0 aliphatic carbocycles. The Labute approximate surface area is 347 Å². The number of hydrogen-bond donors (Lipinski definition) is 0. The molecule has 8 aromatic rings. The highest BCUT2D eigenvalue weighted by Crippen LogP contribution is 2.54. The van der Waals surface area contributed by atoms with Crippen molar-refractivity contribution in [3.63, 3.8) is 0 Å². The minimum absolute atomic E-state index is 0.161. The zero-order valence-corrected chi connectivity index (χ0v) is 34.6. The molecule has 59 heavy (non-hydrogen) atoms. The molecule has 1 aromatic heterocycles. The molecule has 2 aliphatic rings. The van der Waals surface area contributed by atoms with Gasteiger partial charge in [0.05, 0.1) is 34.6 Å². The standard InChI is InChI=1S/C54H48N4O/c1-36-31-37(2)50(40-23-14-9-15-24-40)51(49(36)39-21-12-8-13-22-39)57-35-56(46-27-16-17-28-47(46)57)41-25-18-26-42(32-41)59-43-29-30-45-48(33-43)58-52(54(5,6)53(45,3)4)44(34-55-58)38-19-10-7-11-20-38/h7-34H,35H2,1-6H3. The van der Waals surface area contributed by atoms with Gasteiger partial charge in [0.15, 0.2) is 0 Å². The summed E-state index contributed by atoms with van der Waals surface area (Å²) in [6.07, 6.45) is 2.02. The zero-order chi connectivity index (χ0) is 40.5. The van der Waals surface area contributed by atoms with Crippen LogP contribution in [0.15, 0.2) is 170 Å². The summed E-state index contributed by atoms with van der Waals surface area (Å²) in [5.41, 5.74) is 17.6. The molecule has 3 heterocycles. The van der Waals surface area contributed by atoms with Gasteiger partial charge in [0.25, 0.3) is 0 Å². The van der Waals surface area contributed by atoms with E-state index in [9.17, 15) is 0 Å². The second-order valence-corrected chi connectivity index (χ2v) is 17.0. The molecule has 7 aromatic carbocycles. The summed E-state index contributed by atoms with van der Waals surface area (Å²) in [6, 6.07) is 58.4. The van der Waals surface area contributed by atoms with Gasteiger partial charge in [-0.25, -0.2) is 4.68 Å². The van der Waals surface area contributed by atoms with Gasteiger partial charge >= 0.3 is 0 Å². The molecule has 0 amide bonds. The maximum absolute atomic E-state index is 6.77. The lowest BCUT2D eigenvalue weighted by atomic mass is 9.59. The smallest absolute Gasteiger partial charge is 0.129 e. The first kappa shape index (κ1) is 36.5. The maximum Gasteiger partial charge on any atom is 0.129 e. The van der Waals surface area contributed by atoms with Gasteiger partial charge in [0, 0.05) is 45.3 Å². The van der Waals surface area contributed by atoms with Crippen LogP contribution in [-0.4, -0.2) is 16.4 Å². The van der Waals surface area contributed by atoms with Crippen LogP contribution < -0.4 is 14.5 Å². The van der Waals surface area contributed by atoms with Gasteiger partial charge in [-0.1, -0.05) is 149 Å². The fourth-order valence-corrected chi connectivity index (χ4v) is 9.53. The van der Waals surface area contributed by atoms with Crippen LogP contribution in [0.25, 0.3) is 39.1 Å². The van der Waals surface area contributed by atoms with E-state index in [4.69, 9.17) is 9.84 Å². The molecule has 0 saturated carbocycles. The minimum Gasteiger partial charge on any atom is -0.457 e. The van der Waals surface area contributed by atoms with E-state index in [1.807, 2.05) is 12.3 Å². The number of hydrogen-bond acceptors (Lipinski definition) is 4. The third-order valence-electron chi connectivity index (χ3n) is 13.1. The Morgan fingerprint density at radius 2 is 1.07 bits per heavy atom. The molecule has 0 spiro atoms. The maximum atomic E-state index is 6.77. The van der Waals surface area contributed by atoms with E-state index in [-0.39, 0.29) is 10.8 Å². The van der Waals surface area contributed by atoms with Crippen molar-refractivity contribution in [3.05, 3.63) is 192 Å². The zero-order valence-electron chi connectivity index (χ0n) is 34.6. The molecule has 5 nitrogen and oxygen atoms in total. The van der Waals surface area contributed by atoms with Gasteiger partial charge in [-0.05, 0) is 77.6 Å². The van der Waals surface area contributed by atoms with Crippen LogP contribution in [-0.2, 0) is 10.8 Å². The Morgan fingerprint density at radius 3 is 1.69 bits per heavy atom. The average molecular weight is 769 g/mol. The number of fused-ring (bicyclic) bond motifs is 4. The molecule has 0 atom stereocenters. The van der Waals surface area contributed by atoms with Crippen molar-refractivity contribution in [3.8, 4) is 50.6 Å². The number of aromatic nitrogens is 2. The number of benzene rings is 7. The number of anilines is 4. The van der Waals surface area contributed by atoms with Crippen LogP contribution in [0.4, 0.5) is 22.7 Å². The fourth-order valence-electron chi connectivity index (χ4n) is 9.53. The molecule has 0 N–H and O–H groups in total. The Bertz CT molecular complexity index is 2790. The third kappa shape index (κ3) is 5.86. The first-order valence-corrected chi connectivity index (χ1v) is 20.6. The monoisotopic (exact) mass is 768 g/mol. The van der Waals surface area contributed by atoms with Crippen molar-refractivity contribution in [2.24, 2.45) is 0 Å². The number of aryl methyl sites for hydroxylation is 2. The Balaban J connectivity index is 1.04. The van der Waals surface area contributed by atoms with Gasteiger partial charge in [-0.3, -0.25) is 0 Å². The van der Waals surface area contributed by atoms with E-state index >= 15 is 0 Å². The fraction of sp³-hybridized carbons (Fsp3) is 0.167. The number of para-hydroxylation sites is 2.